The van der Waals surface area contributed by atoms with Gasteiger partial charge in [-0.2, -0.15) is 0 Å². The van der Waals surface area contributed by atoms with Gasteiger partial charge in [0, 0.05) is 12.2 Å². The van der Waals surface area contributed by atoms with Crippen molar-refractivity contribution >= 4 is 5.97 Å². The standard InChI is InChI=1S/C16H27NO2/c1-6-9-10-13(4)14(5)17-12-11-15(7-2)16(18)19-8-3/h6,9-10,15,17H,1,7-8,11-12H2,2-5H3/b10-9-,14-13+. The zero-order valence-corrected chi connectivity index (χ0v) is 12.7. The summed E-state index contributed by atoms with van der Waals surface area (Å²) < 4.78 is 5.05. The molecule has 19 heavy (non-hydrogen) atoms. The fourth-order valence-electron chi connectivity index (χ4n) is 1.66. The Labute approximate surface area is 117 Å². The van der Waals surface area contributed by atoms with E-state index in [9.17, 15) is 4.79 Å². The molecule has 0 heterocycles. The van der Waals surface area contributed by atoms with E-state index >= 15 is 0 Å². The van der Waals surface area contributed by atoms with Gasteiger partial charge >= 0.3 is 5.97 Å². The number of allylic oxidation sites excluding steroid dienone is 5. The highest BCUT2D eigenvalue weighted by atomic mass is 16.5. The molecule has 0 aliphatic carbocycles. The van der Waals surface area contributed by atoms with E-state index in [1.54, 1.807) is 6.08 Å². The van der Waals surface area contributed by atoms with Gasteiger partial charge in [-0.3, -0.25) is 4.79 Å². The molecule has 3 nitrogen and oxygen atoms in total. The second kappa shape index (κ2) is 10.4. The summed E-state index contributed by atoms with van der Waals surface area (Å²) in [5, 5.41) is 3.34. The van der Waals surface area contributed by atoms with Crippen molar-refractivity contribution in [2.24, 2.45) is 5.92 Å². The number of hydrogen-bond acceptors (Lipinski definition) is 3. The van der Waals surface area contributed by atoms with Gasteiger partial charge in [-0.15, -0.1) is 0 Å². The van der Waals surface area contributed by atoms with Gasteiger partial charge in [0.05, 0.1) is 12.5 Å². The predicted octanol–water partition coefficient (Wildman–Crippen LogP) is 3.59. The molecule has 0 aliphatic heterocycles. The molecule has 0 aliphatic rings. The molecule has 0 saturated carbocycles. The molecule has 0 fully saturated rings. The van der Waals surface area contributed by atoms with E-state index < -0.39 is 0 Å². The highest BCUT2D eigenvalue weighted by Gasteiger charge is 2.16. The minimum Gasteiger partial charge on any atom is -0.466 e. The van der Waals surface area contributed by atoms with Gasteiger partial charge in [-0.1, -0.05) is 31.7 Å². The fourth-order valence-corrected chi connectivity index (χ4v) is 1.66. The lowest BCUT2D eigenvalue weighted by atomic mass is 10.0. The Morgan fingerprint density at radius 1 is 1.37 bits per heavy atom. The van der Waals surface area contributed by atoms with Crippen molar-refractivity contribution in [3.05, 3.63) is 36.1 Å². The Kier molecular flexibility index (Phi) is 9.59. The monoisotopic (exact) mass is 265 g/mol. The Morgan fingerprint density at radius 2 is 2.05 bits per heavy atom. The van der Waals surface area contributed by atoms with E-state index in [0.717, 1.165) is 25.1 Å². The highest BCUT2D eigenvalue weighted by Crippen LogP contribution is 2.10. The van der Waals surface area contributed by atoms with Crippen LogP contribution in [0.15, 0.2) is 36.1 Å². The van der Waals surface area contributed by atoms with Crippen molar-refractivity contribution < 1.29 is 9.53 Å². The Bertz CT molecular complexity index is 343. The Morgan fingerprint density at radius 3 is 2.58 bits per heavy atom. The summed E-state index contributed by atoms with van der Waals surface area (Å²) in [6.07, 6.45) is 7.29. The summed E-state index contributed by atoms with van der Waals surface area (Å²) in [6.45, 7) is 12.8. The first-order chi connectivity index (χ1) is 9.06. The van der Waals surface area contributed by atoms with Gasteiger partial charge in [0.1, 0.15) is 0 Å². The second-order valence-corrected chi connectivity index (χ2v) is 4.48. The van der Waals surface area contributed by atoms with E-state index in [0.29, 0.717) is 6.61 Å². The minimum absolute atomic E-state index is 0.00993. The molecule has 3 heteroatoms. The molecule has 0 rings (SSSR count). The number of carbonyl (C=O) groups is 1. The van der Waals surface area contributed by atoms with Gasteiger partial charge in [-0.25, -0.2) is 0 Å². The molecule has 0 bridgehead atoms. The molecule has 0 radical (unpaired) electrons. The molecule has 1 N–H and O–H groups in total. The van der Waals surface area contributed by atoms with Crippen LogP contribution in [0.2, 0.25) is 0 Å². The molecule has 0 spiro atoms. The maximum Gasteiger partial charge on any atom is 0.308 e. The Balaban J connectivity index is 4.22. The van der Waals surface area contributed by atoms with Crippen LogP contribution in [0.3, 0.4) is 0 Å². The number of ether oxygens (including phenoxy) is 1. The molecule has 0 saturated heterocycles. The van der Waals surface area contributed by atoms with Crippen molar-refractivity contribution in [3.8, 4) is 0 Å². The van der Waals surface area contributed by atoms with E-state index in [2.05, 4.69) is 11.9 Å². The number of rotatable bonds is 9. The average molecular weight is 265 g/mol. The predicted molar refractivity (Wildman–Crippen MR) is 80.7 cm³/mol. The normalized spacial score (nSPS) is 13.9. The van der Waals surface area contributed by atoms with Crippen LogP contribution in [-0.2, 0) is 9.53 Å². The first kappa shape index (κ1) is 17.5. The van der Waals surface area contributed by atoms with Crippen molar-refractivity contribution in [2.45, 2.75) is 40.5 Å². The van der Waals surface area contributed by atoms with Crippen molar-refractivity contribution in [1.82, 2.24) is 5.32 Å². The SMILES string of the molecule is C=C/C=C\C(C)=C(/C)NCCC(CC)C(=O)OCC. The maximum atomic E-state index is 11.6. The van der Waals surface area contributed by atoms with Crippen LogP contribution in [0, 0.1) is 5.92 Å². The quantitative estimate of drug-likeness (QED) is 0.511. The lowest BCUT2D eigenvalue weighted by molar-refractivity contribution is -0.148. The van der Waals surface area contributed by atoms with E-state index in [-0.39, 0.29) is 11.9 Å². The summed E-state index contributed by atoms with van der Waals surface area (Å²) in [6, 6.07) is 0. The molecular weight excluding hydrogens is 238 g/mol. The first-order valence-corrected chi connectivity index (χ1v) is 6.93. The van der Waals surface area contributed by atoms with Crippen molar-refractivity contribution in [1.29, 1.82) is 0 Å². The molecular formula is C16H27NO2. The van der Waals surface area contributed by atoms with Crippen molar-refractivity contribution in [3.63, 3.8) is 0 Å². The van der Waals surface area contributed by atoms with Crippen LogP contribution in [0.1, 0.15) is 40.5 Å². The van der Waals surface area contributed by atoms with Gasteiger partial charge < -0.3 is 10.1 Å². The molecule has 1 unspecified atom stereocenters. The molecule has 0 aromatic carbocycles. The van der Waals surface area contributed by atoms with Gasteiger partial charge in [0.2, 0.25) is 0 Å². The fraction of sp³-hybridized carbons (Fsp3) is 0.562. The zero-order chi connectivity index (χ0) is 14.7. The smallest absolute Gasteiger partial charge is 0.308 e. The maximum absolute atomic E-state index is 11.6. The molecule has 0 aromatic rings. The largest absolute Gasteiger partial charge is 0.466 e. The summed E-state index contributed by atoms with van der Waals surface area (Å²) in [5.41, 5.74) is 2.29. The third-order valence-corrected chi connectivity index (χ3v) is 3.07. The highest BCUT2D eigenvalue weighted by molar-refractivity contribution is 5.72. The number of nitrogens with one attached hydrogen (secondary N) is 1. The van der Waals surface area contributed by atoms with Crippen LogP contribution in [0.5, 0.6) is 0 Å². The second-order valence-electron chi connectivity index (χ2n) is 4.48. The summed E-state index contributed by atoms with van der Waals surface area (Å²) in [7, 11) is 0. The third-order valence-electron chi connectivity index (χ3n) is 3.07. The van der Waals surface area contributed by atoms with Crippen LogP contribution >= 0.6 is 0 Å². The third kappa shape index (κ3) is 7.50. The molecule has 0 amide bonds. The molecule has 1 atom stereocenters. The van der Waals surface area contributed by atoms with Crippen molar-refractivity contribution in [2.75, 3.05) is 13.2 Å². The average Bonchev–Trinajstić information content (AvgIpc) is 2.40. The van der Waals surface area contributed by atoms with E-state index in [4.69, 9.17) is 4.74 Å². The van der Waals surface area contributed by atoms with Gasteiger partial charge in [0.15, 0.2) is 0 Å². The number of esters is 1. The first-order valence-electron chi connectivity index (χ1n) is 6.93. The van der Waals surface area contributed by atoms with Gasteiger partial charge in [0.25, 0.3) is 0 Å². The van der Waals surface area contributed by atoms with E-state index in [1.165, 1.54) is 5.57 Å². The molecule has 0 aromatic heterocycles. The number of carbonyl (C=O) groups excluding carboxylic acids is 1. The summed E-state index contributed by atoms with van der Waals surface area (Å²) in [5.74, 6) is -0.0963. The topological polar surface area (TPSA) is 38.3 Å². The zero-order valence-electron chi connectivity index (χ0n) is 12.7. The lowest BCUT2D eigenvalue weighted by Gasteiger charge is -2.15. The number of hydrogen-bond donors (Lipinski definition) is 1. The van der Waals surface area contributed by atoms with E-state index in [1.807, 2.05) is 39.8 Å². The van der Waals surface area contributed by atoms with Crippen LogP contribution < -0.4 is 5.32 Å². The van der Waals surface area contributed by atoms with Crippen LogP contribution in [0.4, 0.5) is 0 Å². The Hall–Kier alpha value is -1.51. The lowest BCUT2D eigenvalue weighted by Crippen LogP contribution is -2.23. The van der Waals surface area contributed by atoms with Gasteiger partial charge in [-0.05, 0) is 39.2 Å². The summed E-state index contributed by atoms with van der Waals surface area (Å²) in [4.78, 5) is 11.6. The van der Waals surface area contributed by atoms with Crippen LogP contribution in [-0.4, -0.2) is 19.1 Å². The molecule has 108 valence electrons. The van der Waals surface area contributed by atoms with Crippen LogP contribution in [0.25, 0.3) is 0 Å². The minimum atomic E-state index is -0.0864. The summed E-state index contributed by atoms with van der Waals surface area (Å²) >= 11 is 0.